The van der Waals surface area contributed by atoms with Crippen LogP contribution in [0.5, 0.6) is 0 Å². The molecule has 1 atom stereocenters. The van der Waals surface area contributed by atoms with Gasteiger partial charge in [0.2, 0.25) is 0 Å². The molecule has 1 heterocycles. The first-order valence-electron chi connectivity index (χ1n) is 7.75. The molecule has 0 saturated carbocycles. The lowest BCUT2D eigenvalue weighted by atomic mass is 10.0. The molecule has 5 nitrogen and oxygen atoms in total. The summed E-state index contributed by atoms with van der Waals surface area (Å²) in [5, 5.41) is 6.15. The fourth-order valence-electron chi connectivity index (χ4n) is 2.56. The maximum absolute atomic E-state index is 11.5. The number of nitrogens with one attached hydrogen (secondary N) is 2. The molecule has 0 radical (unpaired) electrons. The average molecular weight is 307 g/mol. The number of alkyl carbamates (subject to hydrolysis) is 1. The van der Waals surface area contributed by atoms with E-state index in [2.05, 4.69) is 35.5 Å². The van der Waals surface area contributed by atoms with Crippen LogP contribution in [0.2, 0.25) is 0 Å². The van der Waals surface area contributed by atoms with Crippen molar-refractivity contribution < 1.29 is 9.53 Å². The number of amides is 1. The van der Waals surface area contributed by atoms with E-state index in [1.54, 1.807) is 0 Å². The van der Waals surface area contributed by atoms with Crippen molar-refractivity contribution in [3.63, 3.8) is 0 Å². The molecule has 1 aromatic heterocycles. The summed E-state index contributed by atoms with van der Waals surface area (Å²) >= 11 is 0. The van der Waals surface area contributed by atoms with Gasteiger partial charge in [0.05, 0.1) is 0 Å². The molecule has 0 aliphatic heterocycles. The zero-order valence-corrected chi connectivity index (χ0v) is 14.8. The van der Waals surface area contributed by atoms with E-state index in [0.717, 1.165) is 11.4 Å². The molecule has 0 aliphatic rings. The standard InChI is InChI=1S/C17H29N3O2/c1-11-10-12(2)20-14(4)15(11)13(3)18-8-9-19-16(21)22-17(5,6)7/h10,13,18H,8-9H2,1-7H3,(H,19,21). The SMILES string of the molecule is Cc1cc(C)c(C(C)NCCNC(=O)OC(C)(C)C)c(C)n1. The number of nitrogens with zero attached hydrogens (tertiary/aromatic N) is 1. The normalized spacial score (nSPS) is 12.9. The topological polar surface area (TPSA) is 63.2 Å². The van der Waals surface area contributed by atoms with Crippen molar-refractivity contribution in [2.24, 2.45) is 0 Å². The third kappa shape index (κ3) is 6.02. The maximum Gasteiger partial charge on any atom is 0.407 e. The fourth-order valence-corrected chi connectivity index (χ4v) is 2.56. The van der Waals surface area contributed by atoms with Crippen LogP contribution in [-0.2, 0) is 4.74 Å². The van der Waals surface area contributed by atoms with Gasteiger partial charge in [0, 0.05) is 30.5 Å². The summed E-state index contributed by atoms with van der Waals surface area (Å²) in [7, 11) is 0. The zero-order valence-electron chi connectivity index (χ0n) is 14.8. The molecule has 0 spiro atoms. The van der Waals surface area contributed by atoms with Crippen molar-refractivity contribution in [1.82, 2.24) is 15.6 Å². The molecule has 1 unspecified atom stereocenters. The van der Waals surface area contributed by atoms with Gasteiger partial charge in [0.25, 0.3) is 0 Å². The minimum Gasteiger partial charge on any atom is -0.444 e. The number of rotatable bonds is 5. The van der Waals surface area contributed by atoms with E-state index in [1.165, 1.54) is 11.1 Å². The van der Waals surface area contributed by atoms with Gasteiger partial charge in [0.15, 0.2) is 0 Å². The molecule has 0 bridgehead atoms. The smallest absolute Gasteiger partial charge is 0.407 e. The van der Waals surface area contributed by atoms with Crippen LogP contribution in [0.3, 0.4) is 0 Å². The summed E-state index contributed by atoms with van der Waals surface area (Å²) in [5.41, 5.74) is 4.09. The number of aromatic nitrogens is 1. The van der Waals surface area contributed by atoms with Crippen molar-refractivity contribution in [3.05, 3.63) is 28.6 Å². The zero-order chi connectivity index (χ0) is 16.9. The maximum atomic E-state index is 11.5. The molecule has 5 heteroatoms. The monoisotopic (exact) mass is 307 g/mol. The Labute approximate surface area is 133 Å². The molecular weight excluding hydrogens is 278 g/mol. The molecular formula is C17H29N3O2. The van der Waals surface area contributed by atoms with E-state index >= 15 is 0 Å². The summed E-state index contributed by atoms with van der Waals surface area (Å²) in [6.45, 7) is 15.0. The summed E-state index contributed by atoms with van der Waals surface area (Å²) < 4.78 is 5.19. The summed E-state index contributed by atoms with van der Waals surface area (Å²) in [6, 6.07) is 2.29. The first-order chi connectivity index (χ1) is 10.1. The van der Waals surface area contributed by atoms with Crippen molar-refractivity contribution >= 4 is 6.09 Å². The van der Waals surface area contributed by atoms with Gasteiger partial charge in [-0.3, -0.25) is 4.98 Å². The van der Waals surface area contributed by atoms with Crippen LogP contribution >= 0.6 is 0 Å². The lowest BCUT2D eigenvalue weighted by Gasteiger charge is -2.21. The molecule has 22 heavy (non-hydrogen) atoms. The molecule has 1 amide bonds. The highest BCUT2D eigenvalue weighted by molar-refractivity contribution is 5.67. The predicted molar refractivity (Wildman–Crippen MR) is 89.1 cm³/mol. The summed E-state index contributed by atoms with van der Waals surface area (Å²) in [4.78, 5) is 16.1. The van der Waals surface area contributed by atoms with E-state index in [0.29, 0.717) is 13.1 Å². The highest BCUT2D eigenvalue weighted by atomic mass is 16.6. The molecule has 1 rings (SSSR count). The number of aryl methyl sites for hydroxylation is 3. The molecule has 0 fully saturated rings. The van der Waals surface area contributed by atoms with Crippen LogP contribution in [0.4, 0.5) is 4.79 Å². The number of carbonyl (C=O) groups excluding carboxylic acids is 1. The van der Waals surface area contributed by atoms with Gasteiger partial charge in [-0.1, -0.05) is 0 Å². The van der Waals surface area contributed by atoms with E-state index < -0.39 is 5.60 Å². The minimum atomic E-state index is -0.466. The Morgan fingerprint density at radius 1 is 1.27 bits per heavy atom. The summed E-state index contributed by atoms with van der Waals surface area (Å²) in [5.74, 6) is 0. The Morgan fingerprint density at radius 2 is 1.91 bits per heavy atom. The second kappa shape index (κ2) is 7.58. The highest BCUT2D eigenvalue weighted by Gasteiger charge is 2.16. The van der Waals surface area contributed by atoms with Crippen LogP contribution in [0, 0.1) is 20.8 Å². The Bertz CT molecular complexity index is 498. The molecule has 0 aliphatic carbocycles. The number of hydrogen-bond donors (Lipinski definition) is 2. The Hall–Kier alpha value is -1.62. The van der Waals surface area contributed by atoms with Crippen LogP contribution in [0.25, 0.3) is 0 Å². The Morgan fingerprint density at radius 3 is 2.45 bits per heavy atom. The minimum absolute atomic E-state index is 0.188. The van der Waals surface area contributed by atoms with Crippen molar-refractivity contribution in [3.8, 4) is 0 Å². The van der Waals surface area contributed by atoms with Crippen molar-refractivity contribution in [2.45, 2.75) is 60.1 Å². The number of hydrogen-bond acceptors (Lipinski definition) is 4. The van der Waals surface area contributed by atoms with Gasteiger partial charge in [-0.25, -0.2) is 4.79 Å². The average Bonchev–Trinajstić information content (AvgIpc) is 2.31. The van der Waals surface area contributed by atoms with Gasteiger partial charge in [-0.05, 0) is 65.7 Å². The lowest BCUT2D eigenvalue weighted by Crippen LogP contribution is -2.37. The molecule has 1 aromatic rings. The predicted octanol–water partition coefficient (Wildman–Crippen LogP) is 3.18. The quantitative estimate of drug-likeness (QED) is 0.820. The molecule has 124 valence electrons. The number of pyridine rings is 1. The van der Waals surface area contributed by atoms with Crippen LogP contribution in [0.15, 0.2) is 6.07 Å². The van der Waals surface area contributed by atoms with E-state index in [9.17, 15) is 4.79 Å². The largest absolute Gasteiger partial charge is 0.444 e. The highest BCUT2D eigenvalue weighted by Crippen LogP contribution is 2.20. The Balaban J connectivity index is 2.45. The Kier molecular flexibility index (Phi) is 6.35. The number of ether oxygens (including phenoxy) is 1. The first kappa shape index (κ1) is 18.4. The van der Waals surface area contributed by atoms with Gasteiger partial charge < -0.3 is 15.4 Å². The summed E-state index contributed by atoms with van der Waals surface area (Å²) in [6.07, 6.45) is -0.383. The van der Waals surface area contributed by atoms with Gasteiger partial charge >= 0.3 is 6.09 Å². The third-order valence-electron chi connectivity index (χ3n) is 3.26. The lowest BCUT2D eigenvalue weighted by molar-refractivity contribution is 0.0528. The van der Waals surface area contributed by atoms with Crippen LogP contribution in [0.1, 0.15) is 56.3 Å². The second-order valence-corrected chi connectivity index (χ2v) is 6.68. The van der Waals surface area contributed by atoms with Crippen LogP contribution < -0.4 is 10.6 Å². The third-order valence-corrected chi connectivity index (χ3v) is 3.26. The van der Waals surface area contributed by atoms with E-state index in [4.69, 9.17) is 4.74 Å². The molecule has 0 aromatic carbocycles. The molecule has 0 saturated heterocycles. The first-order valence-corrected chi connectivity index (χ1v) is 7.75. The van der Waals surface area contributed by atoms with E-state index in [1.807, 2.05) is 34.6 Å². The molecule has 2 N–H and O–H groups in total. The van der Waals surface area contributed by atoms with Crippen molar-refractivity contribution in [2.75, 3.05) is 13.1 Å². The van der Waals surface area contributed by atoms with Crippen molar-refractivity contribution in [1.29, 1.82) is 0 Å². The number of carbonyl (C=O) groups is 1. The van der Waals surface area contributed by atoms with Gasteiger partial charge in [0.1, 0.15) is 5.60 Å². The fraction of sp³-hybridized carbons (Fsp3) is 0.647. The van der Waals surface area contributed by atoms with Gasteiger partial charge in [-0.2, -0.15) is 0 Å². The van der Waals surface area contributed by atoms with E-state index in [-0.39, 0.29) is 12.1 Å². The van der Waals surface area contributed by atoms with Gasteiger partial charge in [-0.15, -0.1) is 0 Å². The second-order valence-electron chi connectivity index (χ2n) is 6.68. The van der Waals surface area contributed by atoms with Crippen LogP contribution in [-0.4, -0.2) is 29.8 Å².